The van der Waals surface area contributed by atoms with Crippen LogP contribution in [0.2, 0.25) is 0 Å². The fourth-order valence-electron chi connectivity index (χ4n) is 2.34. The Labute approximate surface area is 120 Å². The molecular formula is C16H14F2O3. The summed E-state index contributed by atoms with van der Waals surface area (Å²) >= 11 is 0. The molecular weight excluding hydrogens is 278 g/mol. The highest BCUT2D eigenvalue weighted by Gasteiger charge is 2.19. The monoisotopic (exact) mass is 292 g/mol. The highest BCUT2D eigenvalue weighted by atomic mass is 19.1. The minimum atomic E-state index is -0.622. The SMILES string of the molecule is CCOc1ccc2c(oc3c(F)c(OCC)ccc32)c1F. The Hall–Kier alpha value is -2.30. The quantitative estimate of drug-likeness (QED) is 0.700. The standard InChI is InChI=1S/C16H14F2O3/c1-3-19-11-7-5-9-10-6-8-12(20-4-2)14(18)16(10)21-15(9)13(11)17/h5-8H,3-4H2,1-2H3. The van der Waals surface area contributed by atoms with Crippen molar-refractivity contribution in [1.82, 2.24) is 0 Å². The number of hydrogen-bond acceptors (Lipinski definition) is 3. The predicted octanol–water partition coefficient (Wildman–Crippen LogP) is 4.66. The second-order valence-electron chi connectivity index (χ2n) is 4.48. The van der Waals surface area contributed by atoms with Crippen LogP contribution in [0.1, 0.15) is 13.8 Å². The molecule has 0 saturated heterocycles. The fourth-order valence-corrected chi connectivity index (χ4v) is 2.34. The van der Waals surface area contributed by atoms with Gasteiger partial charge in [0.2, 0.25) is 11.6 Å². The van der Waals surface area contributed by atoms with Crippen LogP contribution in [-0.4, -0.2) is 13.2 Å². The van der Waals surface area contributed by atoms with Gasteiger partial charge in [0.05, 0.1) is 13.2 Å². The molecule has 0 aliphatic rings. The van der Waals surface area contributed by atoms with Crippen LogP contribution in [0, 0.1) is 11.6 Å². The Morgan fingerprint density at radius 2 is 1.24 bits per heavy atom. The van der Waals surface area contributed by atoms with E-state index in [2.05, 4.69) is 0 Å². The maximum absolute atomic E-state index is 14.3. The maximum atomic E-state index is 14.3. The second kappa shape index (κ2) is 5.24. The molecule has 0 spiro atoms. The number of rotatable bonds is 4. The highest BCUT2D eigenvalue weighted by molar-refractivity contribution is 6.06. The van der Waals surface area contributed by atoms with Crippen LogP contribution in [0.4, 0.5) is 8.78 Å². The van der Waals surface area contributed by atoms with Gasteiger partial charge < -0.3 is 13.9 Å². The first-order chi connectivity index (χ1) is 10.2. The first kappa shape index (κ1) is 13.7. The molecule has 0 bridgehead atoms. The van der Waals surface area contributed by atoms with Gasteiger partial charge in [0, 0.05) is 10.8 Å². The molecule has 0 amide bonds. The lowest BCUT2D eigenvalue weighted by atomic mass is 10.1. The molecule has 0 N–H and O–H groups in total. The zero-order valence-electron chi connectivity index (χ0n) is 11.7. The van der Waals surface area contributed by atoms with Gasteiger partial charge in [-0.2, -0.15) is 8.78 Å². The normalized spacial score (nSPS) is 11.2. The number of ether oxygens (including phenoxy) is 2. The van der Waals surface area contributed by atoms with Crippen molar-refractivity contribution in [3.8, 4) is 11.5 Å². The minimum absolute atomic E-state index is 0.0106. The lowest BCUT2D eigenvalue weighted by Crippen LogP contribution is -1.94. The number of fused-ring (bicyclic) bond motifs is 3. The molecule has 21 heavy (non-hydrogen) atoms. The Balaban J connectivity index is 2.28. The van der Waals surface area contributed by atoms with Crippen LogP contribution in [0.15, 0.2) is 28.7 Å². The zero-order chi connectivity index (χ0) is 15.0. The topological polar surface area (TPSA) is 31.6 Å². The van der Waals surface area contributed by atoms with Gasteiger partial charge in [-0.15, -0.1) is 0 Å². The van der Waals surface area contributed by atoms with Crippen molar-refractivity contribution in [2.75, 3.05) is 13.2 Å². The number of hydrogen-bond donors (Lipinski definition) is 0. The lowest BCUT2D eigenvalue weighted by Gasteiger charge is -2.03. The van der Waals surface area contributed by atoms with Gasteiger partial charge in [0.1, 0.15) is 0 Å². The van der Waals surface area contributed by atoms with E-state index in [1.807, 2.05) is 0 Å². The molecule has 3 rings (SSSR count). The Morgan fingerprint density at radius 3 is 1.62 bits per heavy atom. The molecule has 1 heterocycles. The van der Waals surface area contributed by atoms with Crippen molar-refractivity contribution >= 4 is 21.9 Å². The van der Waals surface area contributed by atoms with E-state index in [9.17, 15) is 8.78 Å². The Bertz CT molecular complexity index is 742. The minimum Gasteiger partial charge on any atom is -0.491 e. The van der Waals surface area contributed by atoms with E-state index in [1.54, 1.807) is 26.0 Å². The van der Waals surface area contributed by atoms with Gasteiger partial charge in [-0.05, 0) is 38.1 Å². The third kappa shape index (κ3) is 2.09. The first-order valence-electron chi connectivity index (χ1n) is 6.76. The van der Waals surface area contributed by atoms with Crippen molar-refractivity contribution in [3.63, 3.8) is 0 Å². The molecule has 0 unspecified atom stereocenters. The van der Waals surface area contributed by atoms with Crippen molar-refractivity contribution in [2.45, 2.75) is 13.8 Å². The zero-order valence-corrected chi connectivity index (χ0v) is 11.7. The van der Waals surface area contributed by atoms with Gasteiger partial charge in [-0.3, -0.25) is 0 Å². The van der Waals surface area contributed by atoms with Crippen LogP contribution in [-0.2, 0) is 0 Å². The molecule has 0 fully saturated rings. The molecule has 0 aliphatic carbocycles. The van der Waals surface area contributed by atoms with E-state index in [4.69, 9.17) is 13.9 Å². The molecule has 0 radical (unpaired) electrons. The summed E-state index contributed by atoms with van der Waals surface area (Å²) in [7, 11) is 0. The molecule has 3 aromatic rings. The summed E-state index contributed by atoms with van der Waals surface area (Å²) in [5.41, 5.74) is -0.0213. The molecule has 0 atom stereocenters. The molecule has 0 saturated carbocycles. The summed E-state index contributed by atoms with van der Waals surface area (Å²) in [5.74, 6) is -1.06. The van der Waals surface area contributed by atoms with Gasteiger partial charge in [-0.1, -0.05) is 0 Å². The highest BCUT2D eigenvalue weighted by Crippen LogP contribution is 2.37. The van der Waals surface area contributed by atoms with E-state index in [-0.39, 0.29) is 22.7 Å². The van der Waals surface area contributed by atoms with E-state index >= 15 is 0 Å². The summed E-state index contributed by atoms with van der Waals surface area (Å²) < 4.78 is 44.3. The van der Waals surface area contributed by atoms with E-state index < -0.39 is 11.6 Å². The average molecular weight is 292 g/mol. The van der Waals surface area contributed by atoms with Gasteiger partial charge in [0.15, 0.2) is 22.7 Å². The second-order valence-corrected chi connectivity index (χ2v) is 4.48. The van der Waals surface area contributed by atoms with Gasteiger partial charge in [-0.25, -0.2) is 0 Å². The van der Waals surface area contributed by atoms with Crippen LogP contribution in [0.5, 0.6) is 11.5 Å². The lowest BCUT2D eigenvalue weighted by molar-refractivity contribution is 0.320. The summed E-state index contributed by atoms with van der Waals surface area (Å²) in [5, 5.41) is 1.01. The maximum Gasteiger partial charge on any atom is 0.208 e. The Kier molecular flexibility index (Phi) is 3.41. The summed E-state index contributed by atoms with van der Waals surface area (Å²) in [4.78, 5) is 0. The van der Waals surface area contributed by atoms with E-state index in [0.717, 1.165) is 0 Å². The molecule has 3 nitrogen and oxygen atoms in total. The third-order valence-electron chi connectivity index (χ3n) is 3.22. The van der Waals surface area contributed by atoms with Gasteiger partial charge >= 0.3 is 0 Å². The average Bonchev–Trinajstić information content (AvgIpc) is 2.86. The molecule has 5 heteroatoms. The van der Waals surface area contributed by atoms with Crippen LogP contribution in [0.3, 0.4) is 0 Å². The molecule has 1 aromatic heterocycles. The molecule has 110 valence electrons. The van der Waals surface area contributed by atoms with E-state index in [1.165, 1.54) is 12.1 Å². The van der Waals surface area contributed by atoms with Crippen LogP contribution in [0.25, 0.3) is 21.9 Å². The fraction of sp³-hybridized carbons (Fsp3) is 0.250. The van der Waals surface area contributed by atoms with Crippen LogP contribution < -0.4 is 9.47 Å². The summed E-state index contributed by atoms with van der Waals surface area (Å²) in [6, 6.07) is 6.36. The predicted molar refractivity (Wildman–Crippen MR) is 76.0 cm³/mol. The third-order valence-corrected chi connectivity index (χ3v) is 3.22. The number of halogens is 2. The van der Waals surface area contributed by atoms with Crippen molar-refractivity contribution in [1.29, 1.82) is 0 Å². The number of furan rings is 1. The number of benzene rings is 2. The van der Waals surface area contributed by atoms with Gasteiger partial charge in [0.25, 0.3) is 0 Å². The van der Waals surface area contributed by atoms with E-state index in [0.29, 0.717) is 24.0 Å². The van der Waals surface area contributed by atoms with Crippen molar-refractivity contribution in [2.24, 2.45) is 0 Å². The summed E-state index contributed by atoms with van der Waals surface area (Å²) in [6.45, 7) is 4.20. The van der Waals surface area contributed by atoms with Crippen molar-refractivity contribution in [3.05, 3.63) is 35.9 Å². The van der Waals surface area contributed by atoms with Crippen LogP contribution >= 0.6 is 0 Å². The smallest absolute Gasteiger partial charge is 0.208 e. The Morgan fingerprint density at radius 1 is 0.810 bits per heavy atom. The summed E-state index contributed by atoms with van der Waals surface area (Å²) in [6.07, 6.45) is 0. The molecule has 0 aliphatic heterocycles. The molecule has 2 aromatic carbocycles. The first-order valence-corrected chi connectivity index (χ1v) is 6.76. The largest absolute Gasteiger partial charge is 0.491 e. The van der Waals surface area contributed by atoms with Crippen molar-refractivity contribution < 1.29 is 22.7 Å².